The lowest BCUT2D eigenvalue weighted by Gasteiger charge is -2.26. The Morgan fingerprint density at radius 2 is 1.67 bits per heavy atom. The van der Waals surface area contributed by atoms with Crippen LogP contribution < -0.4 is 0 Å². The van der Waals surface area contributed by atoms with Gasteiger partial charge in [0.2, 0.25) is 0 Å². The first-order valence-electron chi connectivity index (χ1n) is 6.49. The maximum Gasteiger partial charge on any atom is 0.00672 e. The molecular weight excluding hydrogens is 200 g/mol. The molecule has 0 rings (SSSR count). The van der Waals surface area contributed by atoms with Gasteiger partial charge in [0, 0.05) is 5.25 Å². The molecule has 0 amide bonds. The summed E-state index contributed by atoms with van der Waals surface area (Å²) in [4.78, 5) is 0. The van der Waals surface area contributed by atoms with Crippen LogP contribution in [0, 0.1) is 11.3 Å². The maximum atomic E-state index is 2.39. The zero-order chi connectivity index (χ0) is 11.9. The number of rotatable bonds is 7. The van der Waals surface area contributed by atoms with Crippen LogP contribution in [0.15, 0.2) is 0 Å². The molecule has 0 heterocycles. The molecule has 1 heteroatoms. The first-order valence-corrected chi connectivity index (χ1v) is 7.54. The highest BCUT2D eigenvalue weighted by Crippen LogP contribution is 2.30. The summed E-state index contributed by atoms with van der Waals surface area (Å²) >= 11 is 2.14. The average molecular weight is 230 g/mol. The molecule has 2 unspecified atom stereocenters. The van der Waals surface area contributed by atoms with Crippen LogP contribution in [0.5, 0.6) is 0 Å². The summed E-state index contributed by atoms with van der Waals surface area (Å²) < 4.78 is 0. The Hall–Kier alpha value is 0.350. The first kappa shape index (κ1) is 15.3. The van der Waals surface area contributed by atoms with Crippen LogP contribution in [0.1, 0.15) is 67.2 Å². The minimum absolute atomic E-state index is 0.458. The topological polar surface area (TPSA) is 0 Å². The molecular formula is C14H30S. The minimum atomic E-state index is 0.458. The lowest BCUT2D eigenvalue weighted by atomic mass is 9.93. The predicted octanol–water partition coefficient (Wildman–Crippen LogP) is 5.37. The molecule has 0 saturated heterocycles. The molecule has 0 fully saturated rings. The molecule has 0 saturated carbocycles. The summed E-state index contributed by atoms with van der Waals surface area (Å²) in [7, 11) is 0. The van der Waals surface area contributed by atoms with Crippen molar-refractivity contribution in [3.05, 3.63) is 0 Å². The van der Waals surface area contributed by atoms with E-state index in [4.69, 9.17) is 0 Å². The van der Waals surface area contributed by atoms with Crippen molar-refractivity contribution < 1.29 is 0 Å². The van der Waals surface area contributed by atoms with Crippen molar-refractivity contribution in [2.24, 2.45) is 11.3 Å². The normalized spacial score (nSPS) is 16.4. The van der Waals surface area contributed by atoms with Gasteiger partial charge in [0.05, 0.1) is 0 Å². The van der Waals surface area contributed by atoms with Crippen LogP contribution in [-0.2, 0) is 0 Å². The Bertz CT molecular complexity index is 146. The van der Waals surface area contributed by atoms with Crippen molar-refractivity contribution in [1.29, 1.82) is 0 Å². The lowest BCUT2D eigenvalue weighted by molar-refractivity contribution is 0.410. The van der Waals surface area contributed by atoms with Gasteiger partial charge in [-0.2, -0.15) is 11.8 Å². The molecule has 0 bridgehead atoms. The average Bonchev–Trinajstić information content (AvgIpc) is 2.11. The number of hydrogen-bond acceptors (Lipinski definition) is 1. The third-order valence-corrected chi connectivity index (χ3v) is 4.94. The van der Waals surface area contributed by atoms with Crippen LogP contribution >= 0.6 is 11.8 Å². The summed E-state index contributed by atoms with van der Waals surface area (Å²) in [6, 6.07) is 0. The molecule has 92 valence electrons. The van der Waals surface area contributed by atoms with Crippen molar-refractivity contribution in [2.75, 3.05) is 5.75 Å². The molecule has 0 radical (unpaired) electrons. The van der Waals surface area contributed by atoms with E-state index in [0.717, 1.165) is 11.2 Å². The van der Waals surface area contributed by atoms with E-state index in [1.54, 1.807) is 0 Å². The molecule has 0 aliphatic rings. The fourth-order valence-corrected chi connectivity index (χ4v) is 2.77. The lowest BCUT2D eigenvalue weighted by Crippen LogP contribution is -2.19. The van der Waals surface area contributed by atoms with E-state index < -0.39 is 0 Å². The maximum absolute atomic E-state index is 2.39. The van der Waals surface area contributed by atoms with Crippen LogP contribution in [0.4, 0.5) is 0 Å². The number of hydrogen-bond donors (Lipinski definition) is 0. The van der Waals surface area contributed by atoms with Gasteiger partial charge in [-0.1, -0.05) is 54.4 Å². The Labute approximate surface area is 102 Å². The summed E-state index contributed by atoms with van der Waals surface area (Å²) in [5, 5.41) is 0.777. The molecule has 0 aromatic heterocycles. The minimum Gasteiger partial charge on any atom is -0.158 e. The molecule has 15 heavy (non-hydrogen) atoms. The quantitative estimate of drug-likeness (QED) is 0.530. The van der Waals surface area contributed by atoms with Crippen LogP contribution in [0.3, 0.4) is 0 Å². The van der Waals surface area contributed by atoms with Gasteiger partial charge in [-0.25, -0.2) is 0 Å². The molecule has 0 N–H and O–H groups in total. The van der Waals surface area contributed by atoms with E-state index >= 15 is 0 Å². The van der Waals surface area contributed by atoms with Gasteiger partial charge < -0.3 is 0 Å². The first-order chi connectivity index (χ1) is 6.88. The van der Waals surface area contributed by atoms with Gasteiger partial charge in [0.25, 0.3) is 0 Å². The molecule has 0 nitrogen and oxygen atoms in total. The fraction of sp³-hybridized carbons (Fsp3) is 1.00. The van der Waals surface area contributed by atoms with Gasteiger partial charge >= 0.3 is 0 Å². The third kappa shape index (κ3) is 8.19. The standard InChI is InChI=1S/C14H30S/c1-7-9-12(2)10-8-11-15-13(3)14(4,5)6/h12-13H,7-11H2,1-6H3. The zero-order valence-electron chi connectivity index (χ0n) is 11.6. The highest BCUT2D eigenvalue weighted by atomic mass is 32.2. The van der Waals surface area contributed by atoms with Crippen molar-refractivity contribution in [3.63, 3.8) is 0 Å². The molecule has 0 aromatic rings. The summed E-state index contributed by atoms with van der Waals surface area (Å²) in [5.41, 5.74) is 0.458. The van der Waals surface area contributed by atoms with Gasteiger partial charge in [0.1, 0.15) is 0 Å². The second-order valence-electron chi connectivity index (χ2n) is 5.92. The summed E-state index contributed by atoms with van der Waals surface area (Å²) in [6.45, 7) is 14.0. The van der Waals surface area contributed by atoms with Crippen molar-refractivity contribution in [3.8, 4) is 0 Å². The Morgan fingerprint density at radius 3 is 2.13 bits per heavy atom. The second-order valence-corrected chi connectivity index (χ2v) is 7.36. The zero-order valence-corrected chi connectivity index (χ0v) is 12.4. The summed E-state index contributed by atoms with van der Waals surface area (Å²) in [6.07, 6.45) is 5.55. The molecule has 0 aliphatic heterocycles. The van der Waals surface area contributed by atoms with E-state index in [-0.39, 0.29) is 0 Å². The fourth-order valence-electron chi connectivity index (χ4n) is 1.58. The SMILES string of the molecule is CCCC(C)CCCSC(C)C(C)(C)C. The van der Waals surface area contributed by atoms with Gasteiger partial charge in [-0.15, -0.1) is 0 Å². The summed E-state index contributed by atoms with van der Waals surface area (Å²) in [5.74, 6) is 2.27. The van der Waals surface area contributed by atoms with Gasteiger partial charge in [-0.05, 0) is 29.9 Å². The molecule has 0 aliphatic carbocycles. The second kappa shape index (κ2) is 7.60. The van der Waals surface area contributed by atoms with Gasteiger partial charge in [0.15, 0.2) is 0 Å². The van der Waals surface area contributed by atoms with Crippen molar-refractivity contribution in [1.82, 2.24) is 0 Å². The van der Waals surface area contributed by atoms with Gasteiger partial charge in [-0.3, -0.25) is 0 Å². The smallest absolute Gasteiger partial charge is 0.00672 e. The predicted molar refractivity (Wildman–Crippen MR) is 74.7 cm³/mol. The largest absolute Gasteiger partial charge is 0.158 e. The van der Waals surface area contributed by atoms with E-state index in [1.807, 2.05) is 0 Å². The number of thioether (sulfide) groups is 1. The highest BCUT2D eigenvalue weighted by molar-refractivity contribution is 7.99. The van der Waals surface area contributed by atoms with E-state index in [1.165, 1.54) is 31.4 Å². The monoisotopic (exact) mass is 230 g/mol. The van der Waals surface area contributed by atoms with E-state index in [2.05, 4.69) is 53.3 Å². The molecule has 0 aromatic carbocycles. The van der Waals surface area contributed by atoms with E-state index in [9.17, 15) is 0 Å². The third-order valence-electron chi connectivity index (χ3n) is 3.21. The van der Waals surface area contributed by atoms with Crippen LogP contribution in [0.2, 0.25) is 0 Å². The Balaban J connectivity index is 3.46. The van der Waals surface area contributed by atoms with Crippen LogP contribution in [-0.4, -0.2) is 11.0 Å². The highest BCUT2D eigenvalue weighted by Gasteiger charge is 2.19. The van der Waals surface area contributed by atoms with Crippen LogP contribution in [0.25, 0.3) is 0 Å². The Morgan fingerprint density at radius 1 is 1.07 bits per heavy atom. The molecule has 2 atom stereocenters. The van der Waals surface area contributed by atoms with E-state index in [0.29, 0.717) is 5.41 Å². The molecule has 0 spiro atoms. The van der Waals surface area contributed by atoms with Crippen molar-refractivity contribution >= 4 is 11.8 Å². The van der Waals surface area contributed by atoms with Crippen molar-refractivity contribution in [2.45, 2.75) is 72.5 Å². The Kier molecular flexibility index (Phi) is 7.77.